The van der Waals surface area contributed by atoms with E-state index in [-0.39, 0.29) is 17.7 Å². The van der Waals surface area contributed by atoms with Gasteiger partial charge < -0.3 is 9.84 Å². The van der Waals surface area contributed by atoms with Crippen molar-refractivity contribution in [1.82, 2.24) is 25.7 Å². The molecule has 3 heterocycles. The fraction of sp³-hybridized carbons (Fsp3) is 0.733. The molecule has 0 spiro atoms. The Balaban J connectivity index is 1.66. The van der Waals surface area contributed by atoms with Gasteiger partial charge in [0.15, 0.2) is 5.82 Å². The number of hydrogen-bond acceptors (Lipinski definition) is 6. The molecule has 2 saturated heterocycles. The molecule has 2 aliphatic rings. The van der Waals surface area contributed by atoms with Gasteiger partial charge in [0.2, 0.25) is 5.89 Å². The molecule has 0 radical (unpaired) electrons. The van der Waals surface area contributed by atoms with E-state index in [9.17, 15) is 9.59 Å². The van der Waals surface area contributed by atoms with E-state index < -0.39 is 11.6 Å². The smallest absolute Gasteiger partial charge is 0.322 e. The molecule has 1 aromatic heterocycles. The zero-order valence-corrected chi connectivity index (χ0v) is 13.8. The van der Waals surface area contributed by atoms with Crippen molar-refractivity contribution >= 4 is 11.9 Å². The number of aromatic nitrogens is 2. The lowest BCUT2D eigenvalue weighted by atomic mass is 9.80. The maximum atomic E-state index is 12.1. The van der Waals surface area contributed by atoms with Crippen LogP contribution in [0.4, 0.5) is 4.79 Å². The first-order valence-electron chi connectivity index (χ1n) is 8.07. The number of piperidine rings is 1. The molecule has 2 aliphatic heterocycles. The highest BCUT2D eigenvalue weighted by Crippen LogP contribution is 2.30. The number of rotatable bonds is 4. The van der Waals surface area contributed by atoms with E-state index in [0.29, 0.717) is 24.8 Å². The van der Waals surface area contributed by atoms with E-state index in [1.807, 2.05) is 13.8 Å². The van der Waals surface area contributed by atoms with Crippen molar-refractivity contribution in [1.29, 1.82) is 0 Å². The Hall–Kier alpha value is -1.96. The Morgan fingerprint density at radius 3 is 2.83 bits per heavy atom. The lowest BCUT2D eigenvalue weighted by Gasteiger charge is -2.39. The number of carbonyl (C=O) groups is 2. The molecule has 0 aliphatic carbocycles. The predicted octanol–water partition coefficient (Wildman–Crippen LogP) is 1.00. The number of amides is 3. The lowest BCUT2D eigenvalue weighted by Crippen LogP contribution is -2.55. The molecule has 0 bridgehead atoms. The van der Waals surface area contributed by atoms with Crippen LogP contribution >= 0.6 is 0 Å². The minimum atomic E-state index is -0.840. The molecule has 3 rings (SSSR count). The minimum absolute atomic E-state index is 0.0650. The molecule has 2 fully saturated rings. The highest BCUT2D eigenvalue weighted by atomic mass is 16.5. The van der Waals surface area contributed by atoms with Crippen LogP contribution in [0.15, 0.2) is 4.52 Å². The molecule has 8 nitrogen and oxygen atoms in total. The summed E-state index contributed by atoms with van der Waals surface area (Å²) in [5.41, 5.74) is -0.840. The molecular formula is C15H23N5O3. The molecule has 3 amide bonds. The molecule has 2 atom stereocenters. The van der Waals surface area contributed by atoms with Gasteiger partial charge in [0, 0.05) is 18.4 Å². The van der Waals surface area contributed by atoms with Crippen LogP contribution in [0.25, 0.3) is 0 Å². The van der Waals surface area contributed by atoms with Crippen molar-refractivity contribution < 1.29 is 14.1 Å². The third kappa shape index (κ3) is 3.08. The molecule has 0 aromatic carbocycles. The molecule has 126 valence electrons. The Morgan fingerprint density at radius 2 is 2.22 bits per heavy atom. The summed E-state index contributed by atoms with van der Waals surface area (Å²) < 4.78 is 5.30. The van der Waals surface area contributed by atoms with Gasteiger partial charge in [-0.1, -0.05) is 19.0 Å². The first-order chi connectivity index (χ1) is 10.9. The first-order valence-corrected chi connectivity index (χ1v) is 8.07. The second-order valence-electron chi connectivity index (χ2n) is 6.89. The van der Waals surface area contributed by atoms with E-state index >= 15 is 0 Å². The average Bonchev–Trinajstić information content (AvgIpc) is 3.05. The van der Waals surface area contributed by atoms with Crippen molar-refractivity contribution in [3.05, 3.63) is 11.7 Å². The minimum Gasteiger partial charge on any atom is -0.338 e. The Labute approximate surface area is 135 Å². The summed E-state index contributed by atoms with van der Waals surface area (Å²) in [5.74, 6) is 1.37. The van der Waals surface area contributed by atoms with Crippen LogP contribution in [0.2, 0.25) is 0 Å². The number of likely N-dealkylation sites (tertiary alicyclic amines) is 1. The fourth-order valence-corrected chi connectivity index (χ4v) is 3.27. The topological polar surface area (TPSA) is 100 Å². The van der Waals surface area contributed by atoms with E-state index in [1.165, 1.54) is 0 Å². The number of nitrogens with zero attached hydrogens (tertiary/aromatic N) is 3. The maximum Gasteiger partial charge on any atom is 0.322 e. The van der Waals surface area contributed by atoms with Crippen LogP contribution in [-0.2, 0) is 11.3 Å². The fourth-order valence-electron chi connectivity index (χ4n) is 3.27. The van der Waals surface area contributed by atoms with Crippen molar-refractivity contribution in [2.75, 3.05) is 13.1 Å². The monoisotopic (exact) mass is 321 g/mol. The van der Waals surface area contributed by atoms with E-state index in [1.54, 1.807) is 6.92 Å². The van der Waals surface area contributed by atoms with Gasteiger partial charge in [0.1, 0.15) is 5.54 Å². The van der Waals surface area contributed by atoms with Crippen LogP contribution in [-0.4, -0.2) is 45.6 Å². The van der Waals surface area contributed by atoms with Gasteiger partial charge in [-0.3, -0.25) is 15.0 Å². The van der Waals surface area contributed by atoms with Crippen LogP contribution in [0, 0.1) is 5.92 Å². The highest BCUT2D eigenvalue weighted by Gasteiger charge is 2.48. The van der Waals surface area contributed by atoms with Gasteiger partial charge in [-0.15, -0.1) is 0 Å². The molecule has 1 aromatic rings. The number of carbonyl (C=O) groups excluding carboxylic acids is 2. The molecule has 8 heteroatoms. The third-order valence-corrected chi connectivity index (χ3v) is 4.75. The van der Waals surface area contributed by atoms with Gasteiger partial charge in [0.05, 0.1) is 6.54 Å². The van der Waals surface area contributed by atoms with Crippen molar-refractivity contribution in [2.45, 2.75) is 51.6 Å². The Kier molecular flexibility index (Phi) is 4.09. The van der Waals surface area contributed by atoms with E-state index in [0.717, 1.165) is 19.4 Å². The Morgan fingerprint density at radius 1 is 1.43 bits per heavy atom. The largest absolute Gasteiger partial charge is 0.338 e. The summed E-state index contributed by atoms with van der Waals surface area (Å²) in [6.07, 6.45) is 1.87. The Bertz CT molecular complexity index is 614. The summed E-state index contributed by atoms with van der Waals surface area (Å²) in [6.45, 7) is 8.04. The summed E-state index contributed by atoms with van der Waals surface area (Å²) in [4.78, 5) is 30.2. The van der Waals surface area contributed by atoms with Gasteiger partial charge in [-0.25, -0.2) is 4.79 Å². The zero-order valence-electron chi connectivity index (χ0n) is 13.8. The van der Waals surface area contributed by atoms with Crippen LogP contribution < -0.4 is 10.6 Å². The van der Waals surface area contributed by atoms with Crippen LogP contribution in [0.3, 0.4) is 0 Å². The van der Waals surface area contributed by atoms with Gasteiger partial charge in [-0.2, -0.15) is 4.98 Å². The van der Waals surface area contributed by atoms with Crippen molar-refractivity contribution in [3.63, 3.8) is 0 Å². The molecule has 0 unspecified atom stereocenters. The van der Waals surface area contributed by atoms with Crippen molar-refractivity contribution in [3.8, 4) is 0 Å². The zero-order chi connectivity index (χ0) is 16.6. The highest BCUT2D eigenvalue weighted by molar-refractivity contribution is 6.06. The summed E-state index contributed by atoms with van der Waals surface area (Å²) in [6, 6.07) is -0.409. The van der Waals surface area contributed by atoms with Gasteiger partial charge in [0.25, 0.3) is 5.91 Å². The number of imide groups is 1. The van der Waals surface area contributed by atoms with Gasteiger partial charge in [-0.05, 0) is 26.3 Å². The second kappa shape index (κ2) is 5.92. The van der Waals surface area contributed by atoms with Crippen LogP contribution in [0.1, 0.15) is 51.2 Å². The molecule has 0 saturated carbocycles. The van der Waals surface area contributed by atoms with Gasteiger partial charge >= 0.3 is 6.03 Å². The standard InChI is InChI=1S/C15H23N5O3/c1-9(2)12-16-11(23-19-12)8-20-6-4-5-10(7-20)15(3)13(21)17-14(22)18-15/h9-10H,4-8H2,1-3H3,(H2,17,18,21,22)/t10-,15+/m1/s1. The first kappa shape index (κ1) is 15.9. The van der Waals surface area contributed by atoms with E-state index in [2.05, 4.69) is 25.7 Å². The summed E-state index contributed by atoms with van der Waals surface area (Å²) in [5, 5.41) is 9.09. The number of nitrogens with one attached hydrogen (secondary N) is 2. The van der Waals surface area contributed by atoms with Crippen molar-refractivity contribution in [2.24, 2.45) is 5.92 Å². The molecular weight excluding hydrogens is 298 g/mol. The second-order valence-corrected chi connectivity index (χ2v) is 6.89. The summed E-state index contributed by atoms with van der Waals surface area (Å²) >= 11 is 0. The molecule has 2 N–H and O–H groups in total. The summed E-state index contributed by atoms with van der Waals surface area (Å²) in [7, 11) is 0. The SMILES string of the molecule is CC(C)c1noc(CN2CCC[C@@H]([C@]3(C)NC(=O)NC3=O)C2)n1. The lowest BCUT2D eigenvalue weighted by molar-refractivity contribution is -0.126. The average molecular weight is 321 g/mol. The normalized spacial score (nSPS) is 29.0. The van der Waals surface area contributed by atoms with E-state index in [4.69, 9.17) is 4.52 Å². The van der Waals surface area contributed by atoms with Crippen LogP contribution in [0.5, 0.6) is 0 Å². The third-order valence-electron chi connectivity index (χ3n) is 4.75. The maximum absolute atomic E-state index is 12.1. The quantitative estimate of drug-likeness (QED) is 0.803. The number of hydrogen-bond donors (Lipinski definition) is 2. The number of urea groups is 1. The predicted molar refractivity (Wildman–Crippen MR) is 81.5 cm³/mol. The molecule has 23 heavy (non-hydrogen) atoms.